The highest BCUT2D eigenvalue weighted by Crippen LogP contribution is 2.31. The lowest BCUT2D eigenvalue weighted by Crippen LogP contribution is -2.16. The van der Waals surface area contributed by atoms with Gasteiger partial charge in [-0.15, -0.1) is 0 Å². The average molecular weight is 258 g/mol. The van der Waals surface area contributed by atoms with Crippen molar-refractivity contribution in [3.8, 4) is 0 Å². The summed E-state index contributed by atoms with van der Waals surface area (Å²) in [6, 6.07) is 4.08. The van der Waals surface area contributed by atoms with E-state index in [-0.39, 0.29) is 18.1 Å². The van der Waals surface area contributed by atoms with Gasteiger partial charge in [-0.2, -0.15) is 0 Å². The molecule has 1 saturated heterocycles. The summed E-state index contributed by atoms with van der Waals surface area (Å²) >= 11 is 0. The van der Waals surface area contributed by atoms with Crippen molar-refractivity contribution in [3.05, 3.63) is 35.4 Å². The number of rotatable bonds is 2. The van der Waals surface area contributed by atoms with E-state index in [9.17, 15) is 8.78 Å². The van der Waals surface area contributed by atoms with Crippen molar-refractivity contribution in [1.29, 1.82) is 0 Å². The summed E-state index contributed by atoms with van der Waals surface area (Å²) in [5.41, 5.74) is 0.804. The SMILES string of the molecule is CC1CCC(C(C)c2ccc(F)c(F)c2)O1.CO. The predicted octanol–water partition coefficient (Wildman–Crippen LogP) is 3.24. The largest absolute Gasteiger partial charge is 0.400 e. The van der Waals surface area contributed by atoms with Crippen LogP contribution < -0.4 is 0 Å². The molecular weight excluding hydrogens is 238 g/mol. The van der Waals surface area contributed by atoms with Gasteiger partial charge in [0.05, 0.1) is 12.2 Å². The standard InChI is InChI=1S/C13H16F2O.CH4O/c1-8-3-6-13(16-8)9(2)10-4-5-11(14)12(15)7-10;1-2/h4-5,7-9,13H,3,6H2,1-2H3;2H,1H3. The third-order valence-corrected chi connectivity index (χ3v) is 3.29. The smallest absolute Gasteiger partial charge is 0.159 e. The minimum Gasteiger partial charge on any atom is -0.400 e. The molecule has 0 aliphatic carbocycles. The van der Waals surface area contributed by atoms with E-state index in [0.29, 0.717) is 0 Å². The van der Waals surface area contributed by atoms with Gasteiger partial charge in [-0.25, -0.2) is 8.78 Å². The summed E-state index contributed by atoms with van der Waals surface area (Å²) in [6.07, 6.45) is 2.43. The highest BCUT2D eigenvalue weighted by atomic mass is 19.2. The second-order valence-corrected chi connectivity index (χ2v) is 4.52. The summed E-state index contributed by atoms with van der Waals surface area (Å²) in [6.45, 7) is 4.04. The summed E-state index contributed by atoms with van der Waals surface area (Å²) in [5, 5.41) is 7.00. The summed E-state index contributed by atoms with van der Waals surface area (Å²) in [5.74, 6) is -1.47. The molecule has 1 aliphatic rings. The van der Waals surface area contributed by atoms with Crippen molar-refractivity contribution >= 4 is 0 Å². The zero-order valence-corrected chi connectivity index (χ0v) is 11.0. The lowest BCUT2D eigenvalue weighted by atomic mass is 9.93. The fourth-order valence-corrected chi connectivity index (χ4v) is 2.21. The first kappa shape index (κ1) is 15.1. The van der Waals surface area contributed by atoms with Gasteiger partial charge in [0.25, 0.3) is 0 Å². The molecule has 0 aromatic heterocycles. The number of aliphatic hydroxyl groups excluding tert-OH is 1. The normalized spacial score (nSPS) is 24.3. The highest BCUT2D eigenvalue weighted by molar-refractivity contribution is 5.22. The van der Waals surface area contributed by atoms with Crippen LogP contribution in [0.4, 0.5) is 8.78 Å². The first-order chi connectivity index (χ1) is 8.58. The van der Waals surface area contributed by atoms with E-state index in [1.165, 1.54) is 12.1 Å². The zero-order chi connectivity index (χ0) is 13.7. The Morgan fingerprint density at radius 1 is 1.22 bits per heavy atom. The van der Waals surface area contributed by atoms with Crippen LogP contribution in [0.2, 0.25) is 0 Å². The summed E-state index contributed by atoms with van der Waals surface area (Å²) < 4.78 is 31.6. The lowest BCUT2D eigenvalue weighted by molar-refractivity contribution is 0.0424. The molecule has 0 radical (unpaired) electrons. The van der Waals surface area contributed by atoms with E-state index >= 15 is 0 Å². The van der Waals surface area contributed by atoms with Gasteiger partial charge in [0.15, 0.2) is 11.6 Å². The Balaban J connectivity index is 0.000000771. The number of ether oxygens (including phenoxy) is 1. The van der Waals surface area contributed by atoms with E-state index in [1.54, 1.807) is 6.07 Å². The van der Waals surface area contributed by atoms with Crippen LogP contribution in [0, 0.1) is 11.6 Å². The minimum atomic E-state index is -0.795. The van der Waals surface area contributed by atoms with Crippen LogP contribution in [0.1, 0.15) is 38.2 Å². The van der Waals surface area contributed by atoms with Gasteiger partial charge in [0.2, 0.25) is 0 Å². The minimum absolute atomic E-state index is 0.111. The van der Waals surface area contributed by atoms with Crippen molar-refractivity contribution in [1.82, 2.24) is 0 Å². The van der Waals surface area contributed by atoms with E-state index in [2.05, 4.69) is 0 Å². The molecule has 1 heterocycles. The molecule has 1 aromatic carbocycles. The number of benzene rings is 1. The quantitative estimate of drug-likeness (QED) is 0.882. The Labute approximate surface area is 107 Å². The third-order valence-electron chi connectivity index (χ3n) is 3.29. The Bertz CT molecular complexity index is 382. The Morgan fingerprint density at radius 3 is 2.39 bits per heavy atom. The van der Waals surface area contributed by atoms with Gasteiger partial charge < -0.3 is 9.84 Å². The van der Waals surface area contributed by atoms with E-state index in [4.69, 9.17) is 9.84 Å². The van der Waals surface area contributed by atoms with Gasteiger partial charge >= 0.3 is 0 Å². The molecular formula is C14H20F2O2. The molecule has 18 heavy (non-hydrogen) atoms. The summed E-state index contributed by atoms with van der Waals surface area (Å²) in [4.78, 5) is 0. The zero-order valence-electron chi connectivity index (χ0n) is 11.0. The first-order valence-corrected chi connectivity index (χ1v) is 6.13. The van der Waals surface area contributed by atoms with Crippen molar-refractivity contribution in [2.45, 2.75) is 44.8 Å². The van der Waals surface area contributed by atoms with Gasteiger partial charge in [-0.1, -0.05) is 13.0 Å². The van der Waals surface area contributed by atoms with Crippen molar-refractivity contribution in [3.63, 3.8) is 0 Å². The summed E-state index contributed by atoms with van der Waals surface area (Å²) in [7, 11) is 1.00. The van der Waals surface area contributed by atoms with Crippen LogP contribution in [0.15, 0.2) is 18.2 Å². The second-order valence-electron chi connectivity index (χ2n) is 4.52. The van der Waals surface area contributed by atoms with E-state index in [1.807, 2.05) is 13.8 Å². The Kier molecular flexibility index (Phi) is 5.69. The molecule has 2 nitrogen and oxygen atoms in total. The fourth-order valence-electron chi connectivity index (χ4n) is 2.21. The van der Waals surface area contributed by atoms with Gasteiger partial charge in [-0.05, 0) is 37.5 Å². The van der Waals surface area contributed by atoms with Crippen LogP contribution in [0.25, 0.3) is 0 Å². The molecule has 1 aliphatic heterocycles. The Hall–Kier alpha value is -1.00. The van der Waals surface area contributed by atoms with Crippen molar-refractivity contribution < 1.29 is 18.6 Å². The maximum absolute atomic E-state index is 13.1. The first-order valence-electron chi connectivity index (χ1n) is 6.13. The monoisotopic (exact) mass is 258 g/mol. The predicted molar refractivity (Wildman–Crippen MR) is 66.5 cm³/mol. The van der Waals surface area contributed by atoms with E-state index < -0.39 is 11.6 Å². The molecule has 0 amide bonds. The van der Waals surface area contributed by atoms with Crippen LogP contribution in [-0.2, 0) is 4.74 Å². The molecule has 3 unspecified atom stereocenters. The van der Waals surface area contributed by atoms with Gasteiger partial charge in [0, 0.05) is 13.0 Å². The van der Waals surface area contributed by atoms with Gasteiger partial charge in [-0.3, -0.25) is 0 Å². The Morgan fingerprint density at radius 2 is 1.89 bits per heavy atom. The number of hydrogen-bond acceptors (Lipinski definition) is 2. The van der Waals surface area contributed by atoms with E-state index in [0.717, 1.165) is 25.5 Å². The highest BCUT2D eigenvalue weighted by Gasteiger charge is 2.28. The molecule has 3 atom stereocenters. The van der Waals surface area contributed by atoms with Crippen molar-refractivity contribution in [2.75, 3.05) is 7.11 Å². The number of aliphatic hydroxyl groups is 1. The molecule has 1 fully saturated rings. The molecule has 0 spiro atoms. The van der Waals surface area contributed by atoms with Crippen LogP contribution in [0.5, 0.6) is 0 Å². The van der Waals surface area contributed by atoms with Crippen molar-refractivity contribution in [2.24, 2.45) is 0 Å². The fraction of sp³-hybridized carbons (Fsp3) is 0.571. The van der Waals surface area contributed by atoms with Crippen LogP contribution >= 0.6 is 0 Å². The number of hydrogen-bond donors (Lipinski definition) is 1. The third kappa shape index (κ3) is 3.50. The van der Waals surface area contributed by atoms with Gasteiger partial charge in [0.1, 0.15) is 0 Å². The molecule has 2 rings (SSSR count). The molecule has 0 saturated carbocycles. The second kappa shape index (κ2) is 6.81. The van der Waals surface area contributed by atoms with Crippen LogP contribution in [0.3, 0.4) is 0 Å². The number of halogens is 2. The topological polar surface area (TPSA) is 29.5 Å². The molecule has 1 N–H and O–H groups in total. The molecule has 0 bridgehead atoms. The van der Waals surface area contributed by atoms with Crippen LogP contribution in [-0.4, -0.2) is 24.4 Å². The molecule has 4 heteroatoms. The molecule has 102 valence electrons. The maximum atomic E-state index is 13.1. The average Bonchev–Trinajstić information content (AvgIpc) is 2.81. The lowest BCUT2D eigenvalue weighted by Gasteiger charge is -2.20. The maximum Gasteiger partial charge on any atom is 0.159 e. The molecule has 1 aromatic rings.